The van der Waals surface area contributed by atoms with E-state index in [0.717, 1.165) is 11.6 Å². The van der Waals surface area contributed by atoms with E-state index in [1.165, 1.54) is 12.8 Å². The molecule has 1 aromatic rings. The summed E-state index contributed by atoms with van der Waals surface area (Å²) in [5.74, 6) is 0.736. The third-order valence-corrected chi connectivity index (χ3v) is 3.20. The molecule has 0 saturated heterocycles. The monoisotopic (exact) mass is 220 g/mol. The Hall–Kier alpha value is -1.58. The van der Waals surface area contributed by atoms with Gasteiger partial charge in [-0.3, -0.25) is 10.1 Å². The maximum absolute atomic E-state index is 10.8. The van der Waals surface area contributed by atoms with Crippen molar-refractivity contribution in [3.8, 4) is 0 Å². The van der Waals surface area contributed by atoms with E-state index in [4.69, 9.17) is 0 Å². The van der Waals surface area contributed by atoms with Gasteiger partial charge in [0.25, 0.3) is 5.69 Å². The third kappa shape index (κ3) is 2.15. The molecule has 0 aromatic heterocycles. The summed E-state index contributed by atoms with van der Waals surface area (Å²) in [5, 5.41) is 14.1. The quantitative estimate of drug-likeness (QED) is 0.626. The first-order chi connectivity index (χ1) is 7.61. The maximum atomic E-state index is 10.8. The van der Waals surface area contributed by atoms with Crippen LogP contribution in [0.1, 0.15) is 25.3 Å². The van der Waals surface area contributed by atoms with Crippen molar-refractivity contribution in [3.63, 3.8) is 0 Å². The molecule has 1 N–H and O–H groups in total. The van der Waals surface area contributed by atoms with Crippen LogP contribution in [0.4, 0.5) is 11.4 Å². The lowest BCUT2D eigenvalue weighted by Gasteiger charge is -2.06. The molecule has 0 radical (unpaired) electrons. The second-order valence-electron chi connectivity index (χ2n) is 4.41. The van der Waals surface area contributed by atoms with Crippen molar-refractivity contribution in [2.45, 2.75) is 32.7 Å². The highest BCUT2D eigenvalue weighted by Gasteiger charge is 2.35. The van der Waals surface area contributed by atoms with Crippen LogP contribution in [-0.4, -0.2) is 11.0 Å². The average molecular weight is 220 g/mol. The molecule has 2 atom stereocenters. The summed E-state index contributed by atoms with van der Waals surface area (Å²) in [4.78, 5) is 10.4. The fourth-order valence-corrected chi connectivity index (χ4v) is 1.99. The molecule has 0 heterocycles. The van der Waals surface area contributed by atoms with Gasteiger partial charge in [-0.2, -0.15) is 0 Å². The van der Waals surface area contributed by atoms with Gasteiger partial charge in [0.1, 0.15) is 0 Å². The summed E-state index contributed by atoms with van der Waals surface area (Å²) in [5.41, 5.74) is 1.76. The minimum atomic E-state index is -0.329. The molecule has 4 nitrogen and oxygen atoms in total. The van der Waals surface area contributed by atoms with Crippen LogP contribution in [0, 0.1) is 23.0 Å². The highest BCUT2D eigenvalue weighted by Crippen LogP contribution is 2.36. The van der Waals surface area contributed by atoms with Crippen LogP contribution in [0.3, 0.4) is 0 Å². The largest absolute Gasteiger partial charge is 0.382 e. The molecule has 2 unspecified atom stereocenters. The first-order valence-corrected chi connectivity index (χ1v) is 5.63. The normalized spacial score (nSPS) is 22.9. The number of nitrogens with one attached hydrogen (secondary N) is 1. The molecule has 4 heteroatoms. The predicted molar refractivity (Wildman–Crippen MR) is 63.6 cm³/mol. The van der Waals surface area contributed by atoms with Crippen molar-refractivity contribution in [1.82, 2.24) is 0 Å². The summed E-state index contributed by atoms with van der Waals surface area (Å²) in [7, 11) is 0. The first-order valence-electron chi connectivity index (χ1n) is 5.63. The van der Waals surface area contributed by atoms with E-state index < -0.39 is 0 Å². The van der Waals surface area contributed by atoms with Crippen LogP contribution >= 0.6 is 0 Å². The Kier molecular flexibility index (Phi) is 2.81. The van der Waals surface area contributed by atoms with Gasteiger partial charge in [0.15, 0.2) is 0 Å². The number of nitro benzene ring substituents is 1. The van der Waals surface area contributed by atoms with Gasteiger partial charge in [-0.25, -0.2) is 0 Å². The Bertz CT molecular complexity index is 417. The molecule has 1 saturated carbocycles. The van der Waals surface area contributed by atoms with E-state index in [9.17, 15) is 10.1 Å². The lowest BCUT2D eigenvalue weighted by atomic mass is 10.2. The summed E-state index contributed by atoms with van der Waals surface area (Å²) < 4.78 is 0. The SMILES string of the molecule is CCC1CC1Nc1ccc(C)c([N+](=O)[O-])c1. The Labute approximate surface area is 94.8 Å². The van der Waals surface area contributed by atoms with Crippen molar-refractivity contribution in [3.05, 3.63) is 33.9 Å². The number of rotatable bonds is 4. The van der Waals surface area contributed by atoms with Crippen LogP contribution in [0.5, 0.6) is 0 Å². The number of nitro groups is 1. The molecular formula is C12H16N2O2. The van der Waals surface area contributed by atoms with Crippen LogP contribution in [-0.2, 0) is 0 Å². The Morgan fingerprint density at radius 2 is 2.31 bits per heavy atom. The van der Waals surface area contributed by atoms with E-state index >= 15 is 0 Å². The smallest absolute Gasteiger partial charge is 0.274 e. The van der Waals surface area contributed by atoms with Crippen molar-refractivity contribution in [2.24, 2.45) is 5.92 Å². The molecule has 0 amide bonds. The zero-order valence-electron chi connectivity index (χ0n) is 9.56. The molecule has 2 rings (SSSR count). The molecule has 0 spiro atoms. The van der Waals surface area contributed by atoms with Crippen LogP contribution in [0.2, 0.25) is 0 Å². The van der Waals surface area contributed by atoms with Gasteiger partial charge in [-0.15, -0.1) is 0 Å². The van der Waals surface area contributed by atoms with E-state index in [-0.39, 0.29) is 10.6 Å². The number of anilines is 1. The maximum Gasteiger partial charge on any atom is 0.274 e. The first kappa shape index (κ1) is 10.9. The van der Waals surface area contributed by atoms with E-state index in [1.54, 1.807) is 19.1 Å². The molecule has 16 heavy (non-hydrogen) atoms. The summed E-state index contributed by atoms with van der Waals surface area (Å²) in [6.07, 6.45) is 2.35. The van der Waals surface area contributed by atoms with Crippen molar-refractivity contribution in [1.29, 1.82) is 0 Å². The summed E-state index contributed by atoms with van der Waals surface area (Å²) >= 11 is 0. The Balaban J connectivity index is 2.11. The predicted octanol–water partition coefficient (Wildman–Crippen LogP) is 3.11. The van der Waals surface area contributed by atoms with Crippen molar-refractivity contribution in [2.75, 3.05) is 5.32 Å². The van der Waals surface area contributed by atoms with Gasteiger partial charge in [0, 0.05) is 23.4 Å². The average Bonchev–Trinajstić information content (AvgIpc) is 2.99. The molecule has 1 aliphatic rings. The number of aryl methyl sites for hydroxylation is 1. The molecule has 1 aliphatic carbocycles. The Morgan fingerprint density at radius 3 is 2.88 bits per heavy atom. The lowest BCUT2D eigenvalue weighted by Crippen LogP contribution is -2.04. The summed E-state index contributed by atoms with van der Waals surface area (Å²) in [6.45, 7) is 3.93. The molecule has 0 aliphatic heterocycles. The van der Waals surface area contributed by atoms with Crippen LogP contribution < -0.4 is 5.32 Å². The fraction of sp³-hybridized carbons (Fsp3) is 0.500. The third-order valence-electron chi connectivity index (χ3n) is 3.20. The van der Waals surface area contributed by atoms with Crippen molar-refractivity contribution < 1.29 is 4.92 Å². The number of benzene rings is 1. The van der Waals surface area contributed by atoms with Crippen LogP contribution in [0.15, 0.2) is 18.2 Å². The highest BCUT2D eigenvalue weighted by atomic mass is 16.6. The Morgan fingerprint density at radius 1 is 1.56 bits per heavy atom. The zero-order chi connectivity index (χ0) is 11.7. The fourth-order valence-electron chi connectivity index (χ4n) is 1.99. The highest BCUT2D eigenvalue weighted by molar-refractivity contribution is 5.55. The second-order valence-corrected chi connectivity index (χ2v) is 4.41. The molecule has 86 valence electrons. The molecule has 1 fully saturated rings. The standard InChI is InChI=1S/C12H16N2O2/c1-3-9-6-11(9)13-10-5-4-8(2)12(7-10)14(15)16/h4-5,7,9,11,13H,3,6H2,1-2H3. The van der Waals surface area contributed by atoms with Gasteiger partial charge < -0.3 is 5.32 Å². The van der Waals surface area contributed by atoms with Gasteiger partial charge in [-0.05, 0) is 25.3 Å². The minimum Gasteiger partial charge on any atom is -0.382 e. The van der Waals surface area contributed by atoms with Gasteiger partial charge >= 0.3 is 0 Å². The van der Waals surface area contributed by atoms with E-state index in [0.29, 0.717) is 11.6 Å². The lowest BCUT2D eigenvalue weighted by molar-refractivity contribution is -0.385. The topological polar surface area (TPSA) is 55.2 Å². The zero-order valence-corrected chi connectivity index (χ0v) is 9.56. The van der Waals surface area contributed by atoms with Gasteiger partial charge in [-0.1, -0.05) is 19.4 Å². The number of nitrogens with zero attached hydrogens (tertiary/aromatic N) is 1. The van der Waals surface area contributed by atoms with Crippen LogP contribution in [0.25, 0.3) is 0 Å². The van der Waals surface area contributed by atoms with Gasteiger partial charge in [0.05, 0.1) is 4.92 Å². The second kappa shape index (κ2) is 4.12. The van der Waals surface area contributed by atoms with E-state index in [1.807, 2.05) is 6.07 Å². The number of hydrogen-bond acceptors (Lipinski definition) is 3. The van der Waals surface area contributed by atoms with E-state index in [2.05, 4.69) is 12.2 Å². The minimum absolute atomic E-state index is 0.193. The number of hydrogen-bond donors (Lipinski definition) is 1. The molecule has 1 aromatic carbocycles. The van der Waals surface area contributed by atoms with Crippen molar-refractivity contribution >= 4 is 11.4 Å². The molecular weight excluding hydrogens is 204 g/mol. The molecule has 0 bridgehead atoms. The van der Waals surface area contributed by atoms with Gasteiger partial charge in [0.2, 0.25) is 0 Å². The summed E-state index contributed by atoms with van der Waals surface area (Å²) in [6, 6.07) is 5.84.